The molecule has 1 aromatic heterocycles. The van der Waals surface area contributed by atoms with Crippen molar-refractivity contribution in [2.24, 2.45) is 0 Å². The van der Waals surface area contributed by atoms with E-state index in [0.29, 0.717) is 24.4 Å². The topological polar surface area (TPSA) is 59.5 Å². The Kier molecular flexibility index (Phi) is 4.20. The fourth-order valence-corrected chi connectivity index (χ4v) is 3.13. The molecule has 2 aromatic rings. The molecule has 1 aliphatic heterocycles. The van der Waals surface area contributed by atoms with Gasteiger partial charge in [0.2, 0.25) is 0 Å². The number of hydrogen-bond acceptors (Lipinski definition) is 5. The maximum Gasteiger partial charge on any atom is 0.338 e. The Morgan fingerprint density at radius 2 is 2.27 bits per heavy atom. The number of carbonyl (C=O) groups excluding carboxylic acids is 2. The van der Waals surface area contributed by atoms with E-state index < -0.39 is 0 Å². The third-order valence-electron chi connectivity index (χ3n) is 3.61. The number of rotatable bonds is 3. The fourth-order valence-electron chi connectivity index (χ4n) is 2.61. The van der Waals surface area contributed by atoms with Crippen molar-refractivity contribution < 1.29 is 14.3 Å². The average molecular weight is 316 g/mol. The van der Waals surface area contributed by atoms with Crippen LogP contribution in [0.25, 0.3) is 0 Å². The molecule has 0 spiro atoms. The van der Waals surface area contributed by atoms with Crippen LogP contribution >= 0.6 is 11.3 Å². The third kappa shape index (κ3) is 2.74. The fraction of sp³-hybridized carbons (Fsp3) is 0.312. The van der Waals surface area contributed by atoms with Crippen molar-refractivity contribution in [1.29, 1.82) is 0 Å². The molecule has 2 heterocycles. The predicted molar refractivity (Wildman–Crippen MR) is 84.5 cm³/mol. The molecular formula is C16H16N2O3S. The van der Waals surface area contributed by atoms with E-state index in [-0.39, 0.29) is 11.9 Å². The zero-order valence-electron chi connectivity index (χ0n) is 12.2. The largest absolute Gasteiger partial charge is 0.462 e. The molecule has 0 bridgehead atoms. The van der Waals surface area contributed by atoms with E-state index in [0.717, 1.165) is 24.1 Å². The number of anilines is 1. The molecule has 1 amide bonds. The summed E-state index contributed by atoms with van der Waals surface area (Å²) in [5.41, 5.74) is 4.51. The summed E-state index contributed by atoms with van der Waals surface area (Å²) < 4.78 is 5.02. The molecule has 0 aliphatic carbocycles. The van der Waals surface area contributed by atoms with E-state index in [1.165, 1.54) is 11.3 Å². The molecule has 3 rings (SSSR count). The number of nitrogens with zero attached hydrogens (tertiary/aromatic N) is 2. The van der Waals surface area contributed by atoms with Crippen molar-refractivity contribution in [2.75, 3.05) is 18.1 Å². The van der Waals surface area contributed by atoms with Crippen molar-refractivity contribution in [3.63, 3.8) is 0 Å². The van der Waals surface area contributed by atoms with E-state index in [2.05, 4.69) is 4.98 Å². The van der Waals surface area contributed by atoms with Crippen LogP contribution in [0.5, 0.6) is 0 Å². The molecular weight excluding hydrogens is 300 g/mol. The summed E-state index contributed by atoms with van der Waals surface area (Å²) in [5.74, 6) is -0.417. The number of fused-ring (bicyclic) bond motifs is 1. The minimum Gasteiger partial charge on any atom is -0.462 e. The number of ether oxygens (including phenoxy) is 1. The van der Waals surface area contributed by atoms with Crippen molar-refractivity contribution in [3.05, 3.63) is 45.9 Å². The molecule has 0 fully saturated rings. The maximum absolute atomic E-state index is 12.5. The summed E-state index contributed by atoms with van der Waals surface area (Å²) in [7, 11) is 0. The van der Waals surface area contributed by atoms with Gasteiger partial charge in [0.05, 0.1) is 17.7 Å². The molecule has 0 radical (unpaired) electrons. The van der Waals surface area contributed by atoms with Gasteiger partial charge in [-0.15, -0.1) is 11.3 Å². The highest BCUT2D eigenvalue weighted by atomic mass is 32.1. The number of hydrogen-bond donors (Lipinski definition) is 0. The molecule has 0 N–H and O–H groups in total. The molecule has 22 heavy (non-hydrogen) atoms. The van der Waals surface area contributed by atoms with E-state index in [4.69, 9.17) is 4.74 Å². The van der Waals surface area contributed by atoms with Crippen LogP contribution in [0.1, 0.15) is 39.8 Å². The standard InChI is InChI=1S/C16H16N2O3S/c1-2-21-16(20)12-5-6-14-11(8-12)4-3-7-18(14)15(19)13-9-22-10-17-13/h5-6,8-10H,2-4,7H2,1H3. The van der Waals surface area contributed by atoms with E-state index in [1.807, 2.05) is 12.1 Å². The second kappa shape index (κ2) is 6.27. The number of thiazole rings is 1. The first kappa shape index (κ1) is 14.7. The van der Waals surface area contributed by atoms with Crippen LogP contribution in [0.4, 0.5) is 5.69 Å². The Labute approximate surface area is 132 Å². The highest BCUT2D eigenvalue weighted by Crippen LogP contribution is 2.29. The molecule has 0 saturated carbocycles. The average Bonchev–Trinajstić information content (AvgIpc) is 3.07. The second-order valence-corrected chi connectivity index (χ2v) is 5.72. The van der Waals surface area contributed by atoms with Gasteiger partial charge in [0, 0.05) is 17.6 Å². The lowest BCUT2D eigenvalue weighted by molar-refractivity contribution is 0.0526. The van der Waals surface area contributed by atoms with E-state index in [1.54, 1.807) is 28.8 Å². The van der Waals surface area contributed by atoms with Gasteiger partial charge in [0.15, 0.2) is 0 Å². The van der Waals surface area contributed by atoms with Crippen molar-refractivity contribution in [3.8, 4) is 0 Å². The summed E-state index contributed by atoms with van der Waals surface area (Å²) in [5, 5.41) is 1.75. The van der Waals surface area contributed by atoms with Gasteiger partial charge in [-0.05, 0) is 43.5 Å². The molecule has 0 unspecified atom stereocenters. The third-order valence-corrected chi connectivity index (χ3v) is 4.19. The highest BCUT2D eigenvalue weighted by Gasteiger charge is 2.25. The van der Waals surface area contributed by atoms with Crippen LogP contribution in [-0.4, -0.2) is 30.0 Å². The Morgan fingerprint density at radius 1 is 1.41 bits per heavy atom. The number of esters is 1. The summed E-state index contributed by atoms with van der Waals surface area (Å²) >= 11 is 1.41. The number of amides is 1. The van der Waals surface area contributed by atoms with Crippen molar-refractivity contribution in [1.82, 2.24) is 4.98 Å². The minimum absolute atomic E-state index is 0.0916. The number of aromatic nitrogens is 1. The van der Waals surface area contributed by atoms with Gasteiger partial charge in [-0.25, -0.2) is 9.78 Å². The lowest BCUT2D eigenvalue weighted by atomic mass is 9.99. The first-order valence-corrected chi connectivity index (χ1v) is 8.15. The molecule has 114 valence electrons. The van der Waals surface area contributed by atoms with Gasteiger partial charge in [-0.2, -0.15) is 0 Å². The van der Waals surface area contributed by atoms with Crippen LogP contribution in [-0.2, 0) is 11.2 Å². The summed E-state index contributed by atoms with van der Waals surface area (Å²) in [6.45, 7) is 2.80. The maximum atomic E-state index is 12.5. The molecule has 1 aromatic carbocycles. The van der Waals surface area contributed by atoms with Crippen LogP contribution in [0.15, 0.2) is 29.1 Å². The first-order valence-electron chi connectivity index (χ1n) is 7.21. The van der Waals surface area contributed by atoms with Gasteiger partial charge in [-0.3, -0.25) is 4.79 Å². The lowest BCUT2D eigenvalue weighted by Gasteiger charge is -2.29. The van der Waals surface area contributed by atoms with Gasteiger partial charge >= 0.3 is 5.97 Å². The first-order chi connectivity index (χ1) is 10.7. The molecule has 0 saturated heterocycles. The smallest absolute Gasteiger partial charge is 0.338 e. The highest BCUT2D eigenvalue weighted by molar-refractivity contribution is 7.07. The number of aryl methyl sites for hydroxylation is 1. The Hall–Kier alpha value is -2.21. The molecule has 5 nitrogen and oxygen atoms in total. The zero-order valence-corrected chi connectivity index (χ0v) is 13.1. The Bertz CT molecular complexity index is 697. The van der Waals surface area contributed by atoms with E-state index >= 15 is 0 Å². The van der Waals surface area contributed by atoms with Crippen LogP contribution in [0, 0.1) is 0 Å². The molecule has 0 atom stereocenters. The monoisotopic (exact) mass is 316 g/mol. The number of carbonyl (C=O) groups is 2. The van der Waals surface area contributed by atoms with Gasteiger partial charge in [0.1, 0.15) is 5.69 Å². The predicted octanol–water partition coefficient (Wildman–Crippen LogP) is 2.91. The van der Waals surface area contributed by atoms with Crippen LogP contribution in [0.3, 0.4) is 0 Å². The summed E-state index contributed by atoms with van der Waals surface area (Å²) in [6, 6.07) is 5.36. The quantitative estimate of drug-likeness (QED) is 0.817. The Balaban J connectivity index is 1.91. The zero-order chi connectivity index (χ0) is 15.5. The summed E-state index contributed by atoms with van der Waals surface area (Å²) in [6.07, 6.45) is 1.72. The minimum atomic E-state index is -0.326. The van der Waals surface area contributed by atoms with Gasteiger partial charge in [0.25, 0.3) is 5.91 Å². The lowest BCUT2D eigenvalue weighted by Crippen LogP contribution is -2.35. The van der Waals surface area contributed by atoms with Crippen LogP contribution < -0.4 is 4.90 Å². The van der Waals surface area contributed by atoms with Crippen molar-refractivity contribution >= 4 is 28.9 Å². The van der Waals surface area contributed by atoms with Crippen LogP contribution in [0.2, 0.25) is 0 Å². The Morgan fingerprint density at radius 3 is 3.00 bits per heavy atom. The SMILES string of the molecule is CCOC(=O)c1ccc2c(c1)CCCN2C(=O)c1cscn1. The number of benzene rings is 1. The van der Waals surface area contributed by atoms with Crippen molar-refractivity contribution in [2.45, 2.75) is 19.8 Å². The molecule has 6 heteroatoms. The van der Waals surface area contributed by atoms with Gasteiger partial charge < -0.3 is 9.64 Å². The van der Waals surface area contributed by atoms with E-state index in [9.17, 15) is 9.59 Å². The summed E-state index contributed by atoms with van der Waals surface area (Å²) in [4.78, 5) is 30.2. The molecule has 1 aliphatic rings. The van der Waals surface area contributed by atoms with Gasteiger partial charge in [-0.1, -0.05) is 0 Å². The normalized spacial score (nSPS) is 13.6. The second-order valence-electron chi connectivity index (χ2n) is 5.00.